The molecule has 0 spiro atoms. The average molecular weight is 229 g/mol. The van der Waals surface area contributed by atoms with Crippen molar-refractivity contribution in [3.63, 3.8) is 0 Å². The number of aromatic carboxylic acids is 1. The van der Waals surface area contributed by atoms with Gasteiger partial charge in [0, 0.05) is 0 Å². The van der Waals surface area contributed by atoms with E-state index in [0.29, 0.717) is 0 Å². The number of nitrogens with two attached hydrogens (primary N) is 1. The zero-order valence-corrected chi connectivity index (χ0v) is 6.56. The van der Waals surface area contributed by atoms with Crippen LogP contribution in [0.25, 0.3) is 0 Å². The Hall–Kier alpha value is 0.120. The number of benzene rings is 1. The van der Waals surface area contributed by atoms with Gasteiger partial charge in [0.1, 0.15) is 0 Å². The van der Waals surface area contributed by atoms with Gasteiger partial charge in [-0.25, -0.2) is 9.59 Å². The quantitative estimate of drug-likeness (QED) is 0.507. The molecule has 1 aromatic rings. The number of carboxylic acid groups (broad SMARTS) is 1. The Labute approximate surface area is 131 Å². The number of hydrogen-bond acceptors (Lipinski definition) is 4. The summed E-state index contributed by atoms with van der Waals surface area (Å²) >= 11 is 0. The second-order valence-corrected chi connectivity index (χ2v) is 2.29. The van der Waals surface area contributed by atoms with Gasteiger partial charge in [0.15, 0.2) is 0 Å². The third kappa shape index (κ3) is 5.12. The molecule has 0 heterocycles. The van der Waals surface area contributed by atoms with Gasteiger partial charge in [-0.3, -0.25) is 0 Å². The van der Waals surface area contributed by atoms with E-state index in [4.69, 9.17) is 5.11 Å². The standard InChI is InChI=1S/C8H7NO4.2Na.2H/c9-13-8(12)6-3-1-5(2-4-6)7(10)11;;;;/h1-4H,9H2,(H,10,11);;;;. The van der Waals surface area contributed by atoms with Crippen LogP contribution in [-0.2, 0) is 4.84 Å². The molecule has 72 valence electrons. The fraction of sp³-hybridized carbons (Fsp3) is 0. The van der Waals surface area contributed by atoms with Gasteiger partial charge in [-0.15, -0.1) is 0 Å². The molecule has 0 saturated carbocycles. The summed E-state index contributed by atoms with van der Waals surface area (Å²) in [4.78, 5) is 25.2. The Morgan fingerprint density at radius 1 is 1.07 bits per heavy atom. The van der Waals surface area contributed by atoms with Gasteiger partial charge in [-0.05, 0) is 24.3 Å². The molecule has 3 N–H and O–H groups in total. The van der Waals surface area contributed by atoms with Crippen LogP contribution in [0.15, 0.2) is 24.3 Å². The van der Waals surface area contributed by atoms with Crippen LogP contribution in [0.2, 0.25) is 0 Å². The van der Waals surface area contributed by atoms with Crippen LogP contribution in [-0.4, -0.2) is 76.2 Å². The summed E-state index contributed by atoms with van der Waals surface area (Å²) in [5.74, 6) is 2.89. The van der Waals surface area contributed by atoms with Crippen LogP contribution in [0.1, 0.15) is 20.7 Å². The minimum absolute atomic E-state index is 0. The second-order valence-electron chi connectivity index (χ2n) is 2.29. The zero-order valence-electron chi connectivity index (χ0n) is 6.56. The molecule has 15 heavy (non-hydrogen) atoms. The number of carboxylic acids is 1. The first kappa shape index (κ1) is 17.5. The molecule has 1 rings (SSSR count). The molecule has 0 fully saturated rings. The summed E-state index contributed by atoms with van der Waals surface area (Å²) < 4.78 is 0. The molecule has 0 aliphatic carbocycles. The molecule has 5 nitrogen and oxygen atoms in total. The van der Waals surface area contributed by atoms with E-state index in [1.165, 1.54) is 24.3 Å². The van der Waals surface area contributed by atoms with Crippen LogP contribution < -0.4 is 5.90 Å². The predicted molar refractivity (Wildman–Crippen MR) is 57.3 cm³/mol. The van der Waals surface area contributed by atoms with Crippen molar-refractivity contribution < 1.29 is 19.5 Å². The minimum atomic E-state index is -1.05. The fourth-order valence-electron chi connectivity index (χ4n) is 0.817. The van der Waals surface area contributed by atoms with E-state index in [1.807, 2.05) is 0 Å². The van der Waals surface area contributed by atoms with Crippen molar-refractivity contribution in [1.82, 2.24) is 0 Å². The molecule has 0 atom stereocenters. The first-order valence-corrected chi connectivity index (χ1v) is 3.39. The van der Waals surface area contributed by atoms with E-state index in [-0.39, 0.29) is 70.2 Å². The topological polar surface area (TPSA) is 89.6 Å². The van der Waals surface area contributed by atoms with E-state index in [1.54, 1.807) is 0 Å². The van der Waals surface area contributed by atoms with Gasteiger partial charge in [-0.2, -0.15) is 5.90 Å². The molecule has 7 heteroatoms. The average Bonchev–Trinajstić information content (AvgIpc) is 2.17. The van der Waals surface area contributed by atoms with Crippen molar-refractivity contribution in [3.05, 3.63) is 35.4 Å². The van der Waals surface area contributed by atoms with Crippen molar-refractivity contribution in [3.8, 4) is 0 Å². The van der Waals surface area contributed by atoms with E-state index in [2.05, 4.69) is 10.7 Å². The van der Waals surface area contributed by atoms with Crippen LogP contribution in [0.3, 0.4) is 0 Å². The van der Waals surface area contributed by atoms with Crippen LogP contribution >= 0.6 is 0 Å². The predicted octanol–water partition coefficient (Wildman–Crippen LogP) is -0.882. The fourth-order valence-corrected chi connectivity index (χ4v) is 0.817. The maximum absolute atomic E-state index is 10.8. The van der Waals surface area contributed by atoms with E-state index in [9.17, 15) is 9.59 Å². The Balaban J connectivity index is 0. The molecule has 0 bridgehead atoms. The molecule has 0 aliphatic heterocycles. The third-order valence-corrected chi connectivity index (χ3v) is 1.47. The van der Waals surface area contributed by atoms with Gasteiger partial charge in [0.25, 0.3) is 0 Å². The van der Waals surface area contributed by atoms with Crippen molar-refractivity contribution in [2.24, 2.45) is 5.90 Å². The monoisotopic (exact) mass is 229 g/mol. The Morgan fingerprint density at radius 2 is 1.47 bits per heavy atom. The summed E-state index contributed by atoms with van der Waals surface area (Å²) in [5, 5.41) is 8.53. The Morgan fingerprint density at radius 3 is 1.80 bits per heavy atom. The Bertz CT molecular complexity index is 339. The van der Waals surface area contributed by atoms with Crippen molar-refractivity contribution in [2.45, 2.75) is 0 Å². The molecule has 0 aromatic heterocycles. The maximum atomic E-state index is 10.8. The number of rotatable bonds is 2. The first-order chi connectivity index (χ1) is 6.15. The molecule has 0 radical (unpaired) electrons. The van der Waals surface area contributed by atoms with Crippen molar-refractivity contribution in [1.29, 1.82) is 0 Å². The number of carbonyl (C=O) groups is 2. The van der Waals surface area contributed by atoms with Gasteiger partial charge in [0.05, 0.1) is 11.1 Å². The summed E-state index contributed by atoms with van der Waals surface area (Å²) in [6.45, 7) is 0. The van der Waals surface area contributed by atoms with Crippen LogP contribution in [0, 0.1) is 0 Å². The SMILES string of the molecule is NOC(=O)c1ccc(C(=O)O)cc1.[NaH].[NaH]. The molecular weight excluding hydrogens is 220 g/mol. The number of hydrogen-bond donors (Lipinski definition) is 2. The van der Waals surface area contributed by atoms with E-state index >= 15 is 0 Å². The summed E-state index contributed by atoms with van der Waals surface area (Å²) in [7, 11) is 0. The summed E-state index contributed by atoms with van der Waals surface area (Å²) in [6.07, 6.45) is 0. The van der Waals surface area contributed by atoms with E-state index in [0.717, 1.165) is 0 Å². The molecule has 0 saturated heterocycles. The molecular formula is C8H9NNa2O4. The van der Waals surface area contributed by atoms with Crippen LogP contribution in [0.5, 0.6) is 0 Å². The third-order valence-electron chi connectivity index (χ3n) is 1.47. The van der Waals surface area contributed by atoms with Crippen LogP contribution in [0.4, 0.5) is 0 Å². The summed E-state index contributed by atoms with van der Waals surface area (Å²) in [6, 6.07) is 5.26. The first-order valence-electron chi connectivity index (χ1n) is 3.39. The molecule has 0 amide bonds. The zero-order chi connectivity index (χ0) is 9.84. The van der Waals surface area contributed by atoms with Gasteiger partial charge >= 0.3 is 71.1 Å². The van der Waals surface area contributed by atoms with Gasteiger partial charge < -0.3 is 9.94 Å². The molecule has 1 aromatic carbocycles. The normalized spacial score (nSPS) is 8.07. The Kier molecular flexibility index (Phi) is 9.68. The van der Waals surface area contributed by atoms with Crippen molar-refractivity contribution >= 4 is 71.1 Å². The van der Waals surface area contributed by atoms with E-state index < -0.39 is 11.9 Å². The molecule has 0 aliphatic rings. The van der Waals surface area contributed by atoms with Gasteiger partial charge in [-0.1, -0.05) is 0 Å². The molecule has 0 unspecified atom stereocenters. The van der Waals surface area contributed by atoms with Crippen molar-refractivity contribution in [2.75, 3.05) is 0 Å². The second kappa shape index (κ2) is 8.29. The number of carbonyl (C=O) groups excluding carboxylic acids is 1. The van der Waals surface area contributed by atoms with Gasteiger partial charge in [0.2, 0.25) is 0 Å². The summed E-state index contributed by atoms with van der Waals surface area (Å²) in [5.41, 5.74) is 0.320.